The molecule has 25 heavy (non-hydrogen) atoms. The van der Waals surface area contributed by atoms with Crippen molar-refractivity contribution in [2.45, 2.75) is 18.7 Å². The highest BCUT2D eigenvalue weighted by Gasteiger charge is 2.18. The Morgan fingerprint density at radius 3 is 2.72 bits per heavy atom. The number of amides is 1. The molecule has 1 amide bonds. The first-order chi connectivity index (χ1) is 11.8. The molecule has 1 heterocycles. The lowest BCUT2D eigenvalue weighted by Gasteiger charge is -2.09. The Balaban J connectivity index is 1.97. The fourth-order valence-electron chi connectivity index (χ4n) is 2.46. The normalized spacial score (nSPS) is 11.6. The number of rotatable bonds is 4. The van der Waals surface area contributed by atoms with Crippen molar-refractivity contribution >= 4 is 32.3 Å². The molecule has 0 aliphatic rings. The first-order valence-corrected chi connectivity index (χ1v) is 9.29. The zero-order chi connectivity index (χ0) is 18.2. The number of phenols is 1. The van der Waals surface area contributed by atoms with E-state index in [0.717, 1.165) is 5.56 Å². The van der Waals surface area contributed by atoms with Crippen LogP contribution in [0.25, 0.3) is 10.9 Å². The van der Waals surface area contributed by atoms with E-state index in [2.05, 4.69) is 15.5 Å². The minimum Gasteiger partial charge on any atom is -0.506 e. The third-order valence-electron chi connectivity index (χ3n) is 3.89. The molecule has 0 aliphatic heterocycles. The van der Waals surface area contributed by atoms with Gasteiger partial charge in [-0.2, -0.15) is 5.10 Å². The number of fused-ring (bicyclic) bond motifs is 1. The van der Waals surface area contributed by atoms with E-state index in [1.807, 2.05) is 25.1 Å². The molecule has 0 bridgehead atoms. The lowest BCUT2D eigenvalue weighted by atomic mass is 10.1. The monoisotopic (exact) mass is 359 g/mol. The third kappa shape index (κ3) is 3.20. The summed E-state index contributed by atoms with van der Waals surface area (Å²) >= 11 is 0. The van der Waals surface area contributed by atoms with Crippen molar-refractivity contribution in [2.24, 2.45) is 0 Å². The maximum absolute atomic E-state index is 12.5. The number of H-pyrrole nitrogens is 1. The maximum atomic E-state index is 12.5. The fraction of sp³-hybridized carbons (Fsp3) is 0.176. The molecule has 0 spiro atoms. The Morgan fingerprint density at radius 1 is 1.24 bits per heavy atom. The standard InChI is InChI=1S/C17H17N3O4S/c1-3-25(23,24)11-5-7-15(21)14(9-11)18-17(22)16-12-8-10(2)4-6-13(12)19-20-16/h4-9,21H,3H2,1-2H3,(H,18,22)(H,19,20). The Morgan fingerprint density at radius 2 is 2.00 bits per heavy atom. The molecule has 0 fully saturated rings. The number of sulfone groups is 1. The molecule has 3 N–H and O–H groups in total. The number of aryl methyl sites for hydroxylation is 1. The van der Waals surface area contributed by atoms with Gasteiger partial charge in [-0.1, -0.05) is 18.6 Å². The molecule has 2 aromatic carbocycles. The van der Waals surface area contributed by atoms with Crippen molar-refractivity contribution < 1.29 is 18.3 Å². The van der Waals surface area contributed by atoms with E-state index in [1.54, 1.807) is 0 Å². The largest absolute Gasteiger partial charge is 0.506 e. The number of carbonyl (C=O) groups excluding carboxylic acids is 1. The molecule has 0 saturated carbocycles. The van der Waals surface area contributed by atoms with Gasteiger partial charge in [0.15, 0.2) is 15.5 Å². The molecule has 3 aromatic rings. The number of aromatic nitrogens is 2. The molecule has 0 atom stereocenters. The van der Waals surface area contributed by atoms with Crippen LogP contribution >= 0.6 is 0 Å². The van der Waals surface area contributed by atoms with E-state index in [9.17, 15) is 18.3 Å². The number of nitrogens with one attached hydrogen (secondary N) is 2. The van der Waals surface area contributed by atoms with Crippen LogP contribution in [0.15, 0.2) is 41.3 Å². The summed E-state index contributed by atoms with van der Waals surface area (Å²) in [6.45, 7) is 3.43. The van der Waals surface area contributed by atoms with Gasteiger partial charge < -0.3 is 10.4 Å². The minimum absolute atomic E-state index is 0.0170. The van der Waals surface area contributed by atoms with Gasteiger partial charge in [-0.15, -0.1) is 0 Å². The molecular weight excluding hydrogens is 342 g/mol. The first kappa shape index (κ1) is 17.0. The number of aromatic amines is 1. The second-order valence-electron chi connectivity index (χ2n) is 5.66. The van der Waals surface area contributed by atoms with E-state index >= 15 is 0 Å². The predicted octanol–water partition coefficient (Wildman–Crippen LogP) is 2.62. The molecule has 0 saturated heterocycles. The second-order valence-corrected chi connectivity index (χ2v) is 7.94. The van der Waals surface area contributed by atoms with Gasteiger partial charge in [-0.25, -0.2) is 8.42 Å². The summed E-state index contributed by atoms with van der Waals surface area (Å²) in [7, 11) is -3.45. The zero-order valence-corrected chi connectivity index (χ0v) is 14.5. The molecule has 0 unspecified atom stereocenters. The van der Waals surface area contributed by atoms with Gasteiger partial charge in [0.1, 0.15) is 5.75 Å². The highest BCUT2D eigenvalue weighted by molar-refractivity contribution is 7.91. The SMILES string of the molecule is CCS(=O)(=O)c1ccc(O)c(NC(=O)c2n[nH]c3ccc(C)cc23)c1. The van der Waals surface area contributed by atoms with E-state index < -0.39 is 15.7 Å². The minimum atomic E-state index is -3.45. The Hall–Kier alpha value is -2.87. The Kier molecular flexibility index (Phi) is 4.22. The summed E-state index contributed by atoms with van der Waals surface area (Å²) in [5, 5.41) is 19.9. The van der Waals surface area contributed by atoms with Gasteiger partial charge in [0.2, 0.25) is 0 Å². The topological polar surface area (TPSA) is 112 Å². The highest BCUT2D eigenvalue weighted by Crippen LogP contribution is 2.28. The van der Waals surface area contributed by atoms with Crippen LogP contribution in [0, 0.1) is 6.92 Å². The van der Waals surface area contributed by atoms with Crippen LogP contribution in [0.1, 0.15) is 23.0 Å². The van der Waals surface area contributed by atoms with Crippen molar-refractivity contribution in [1.29, 1.82) is 0 Å². The lowest BCUT2D eigenvalue weighted by Crippen LogP contribution is -2.14. The number of aromatic hydroxyl groups is 1. The molecule has 8 heteroatoms. The van der Waals surface area contributed by atoms with Crippen molar-refractivity contribution in [2.75, 3.05) is 11.1 Å². The van der Waals surface area contributed by atoms with Crippen LogP contribution < -0.4 is 5.32 Å². The van der Waals surface area contributed by atoms with Crippen molar-refractivity contribution in [3.8, 4) is 5.75 Å². The summed E-state index contributed by atoms with van der Waals surface area (Å²) in [6, 6.07) is 9.33. The summed E-state index contributed by atoms with van der Waals surface area (Å²) < 4.78 is 24.0. The van der Waals surface area contributed by atoms with E-state index in [0.29, 0.717) is 10.9 Å². The van der Waals surface area contributed by atoms with E-state index in [1.165, 1.54) is 25.1 Å². The van der Waals surface area contributed by atoms with E-state index in [4.69, 9.17) is 0 Å². The zero-order valence-electron chi connectivity index (χ0n) is 13.7. The molecule has 130 valence electrons. The van der Waals surface area contributed by atoms with Crippen LogP contribution in [-0.2, 0) is 9.84 Å². The van der Waals surface area contributed by atoms with Gasteiger partial charge in [-0.05, 0) is 37.3 Å². The van der Waals surface area contributed by atoms with Crippen LogP contribution in [-0.4, -0.2) is 35.4 Å². The van der Waals surface area contributed by atoms with Crippen LogP contribution in [0.5, 0.6) is 5.75 Å². The molecule has 0 radical (unpaired) electrons. The maximum Gasteiger partial charge on any atom is 0.276 e. The number of hydrogen-bond donors (Lipinski definition) is 3. The van der Waals surface area contributed by atoms with Crippen LogP contribution in [0.4, 0.5) is 5.69 Å². The molecule has 7 nitrogen and oxygen atoms in total. The van der Waals surface area contributed by atoms with Gasteiger partial charge in [0.05, 0.1) is 21.9 Å². The van der Waals surface area contributed by atoms with Gasteiger partial charge in [-0.3, -0.25) is 9.89 Å². The molecular formula is C17H17N3O4S. The van der Waals surface area contributed by atoms with Gasteiger partial charge >= 0.3 is 0 Å². The second kappa shape index (κ2) is 6.21. The quantitative estimate of drug-likeness (QED) is 0.620. The van der Waals surface area contributed by atoms with Crippen molar-refractivity contribution in [1.82, 2.24) is 10.2 Å². The average molecular weight is 359 g/mol. The molecule has 3 rings (SSSR count). The van der Waals surface area contributed by atoms with Gasteiger partial charge in [0.25, 0.3) is 5.91 Å². The van der Waals surface area contributed by atoms with E-state index in [-0.39, 0.29) is 27.8 Å². The smallest absolute Gasteiger partial charge is 0.276 e. The van der Waals surface area contributed by atoms with Crippen molar-refractivity contribution in [3.63, 3.8) is 0 Å². The number of anilines is 1. The summed E-state index contributed by atoms with van der Waals surface area (Å²) in [5.74, 6) is -0.841. The van der Waals surface area contributed by atoms with Crippen LogP contribution in [0.2, 0.25) is 0 Å². The van der Waals surface area contributed by atoms with Crippen LogP contribution in [0.3, 0.4) is 0 Å². The Bertz CT molecular complexity index is 1070. The third-order valence-corrected chi connectivity index (χ3v) is 5.62. The van der Waals surface area contributed by atoms with Gasteiger partial charge in [0, 0.05) is 5.39 Å². The van der Waals surface area contributed by atoms with Crippen molar-refractivity contribution in [3.05, 3.63) is 47.7 Å². The number of benzene rings is 2. The predicted molar refractivity (Wildman–Crippen MR) is 94.6 cm³/mol. The fourth-order valence-corrected chi connectivity index (χ4v) is 3.36. The first-order valence-electron chi connectivity index (χ1n) is 7.63. The number of hydrogen-bond acceptors (Lipinski definition) is 5. The molecule has 0 aliphatic carbocycles. The molecule has 1 aromatic heterocycles. The average Bonchev–Trinajstić information content (AvgIpc) is 2.99. The highest BCUT2D eigenvalue weighted by atomic mass is 32.2. The Labute approximate surface area is 144 Å². The number of phenolic OH excluding ortho intramolecular Hbond substituents is 1. The number of nitrogens with zero attached hydrogens (tertiary/aromatic N) is 1. The summed E-state index contributed by atoms with van der Waals surface area (Å²) in [4.78, 5) is 12.6. The summed E-state index contributed by atoms with van der Waals surface area (Å²) in [6.07, 6.45) is 0. The lowest BCUT2D eigenvalue weighted by molar-refractivity contribution is 0.102. The number of carbonyl (C=O) groups is 1. The summed E-state index contributed by atoms with van der Waals surface area (Å²) in [5.41, 5.74) is 1.87.